The van der Waals surface area contributed by atoms with E-state index < -0.39 is 5.82 Å². The van der Waals surface area contributed by atoms with E-state index >= 15 is 0 Å². The zero-order valence-corrected chi connectivity index (χ0v) is 11.1. The molecule has 0 spiro atoms. The van der Waals surface area contributed by atoms with E-state index in [9.17, 15) is 9.50 Å². The fraction of sp³-hybridized carbons (Fsp3) is 0.0667. The Morgan fingerprint density at radius 2 is 2.05 bits per heavy atom. The first-order chi connectivity index (χ1) is 10.2. The van der Waals surface area contributed by atoms with E-state index in [-0.39, 0.29) is 5.75 Å². The van der Waals surface area contributed by atoms with Crippen LogP contribution >= 0.6 is 0 Å². The standard InChI is InChI=1S/C15H13FN4O/c16-12-9-11(5-6-15(12)21)10-17-13-3-1-2-4-14(13)20-8-7-18-19-20/h1-9,17,21H,10H2. The largest absolute Gasteiger partial charge is 0.505 e. The number of nitrogens with zero attached hydrogens (tertiary/aromatic N) is 3. The topological polar surface area (TPSA) is 63.0 Å². The van der Waals surface area contributed by atoms with Crippen molar-refractivity contribution in [3.8, 4) is 11.4 Å². The van der Waals surface area contributed by atoms with Crippen LogP contribution in [-0.2, 0) is 6.54 Å². The highest BCUT2D eigenvalue weighted by Gasteiger charge is 2.06. The van der Waals surface area contributed by atoms with E-state index in [0.717, 1.165) is 16.9 Å². The van der Waals surface area contributed by atoms with E-state index in [1.165, 1.54) is 12.1 Å². The predicted octanol–water partition coefficient (Wildman–Crippen LogP) is 2.72. The van der Waals surface area contributed by atoms with Gasteiger partial charge < -0.3 is 10.4 Å². The number of phenolic OH excluding ortho intramolecular Hbond substituents is 1. The molecule has 0 aliphatic carbocycles. The van der Waals surface area contributed by atoms with E-state index in [1.54, 1.807) is 23.1 Å². The second kappa shape index (κ2) is 5.62. The average Bonchev–Trinajstić information content (AvgIpc) is 3.03. The van der Waals surface area contributed by atoms with Gasteiger partial charge in [0, 0.05) is 6.54 Å². The van der Waals surface area contributed by atoms with Crippen molar-refractivity contribution < 1.29 is 9.50 Å². The fourth-order valence-electron chi connectivity index (χ4n) is 2.02. The van der Waals surface area contributed by atoms with Gasteiger partial charge in [0.2, 0.25) is 0 Å². The Bertz CT molecular complexity index is 743. The number of aromatic hydroxyl groups is 1. The van der Waals surface area contributed by atoms with Crippen molar-refractivity contribution in [1.29, 1.82) is 0 Å². The van der Waals surface area contributed by atoms with Crippen molar-refractivity contribution in [2.24, 2.45) is 0 Å². The van der Waals surface area contributed by atoms with Gasteiger partial charge in [0.05, 0.1) is 23.8 Å². The second-order valence-corrected chi connectivity index (χ2v) is 4.50. The van der Waals surface area contributed by atoms with Crippen molar-refractivity contribution in [2.75, 3.05) is 5.32 Å². The molecule has 2 aromatic carbocycles. The maximum atomic E-state index is 13.3. The first-order valence-corrected chi connectivity index (χ1v) is 6.41. The number of nitrogens with one attached hydrogen (secondary N) is 1. The molecule has 0 unspecified atom stereocenters. The SMILES string of the molecule is Oc1ccc(CNc2ccccc2-n2ccnn2)cc1F. The van der Waals surface area contributed by atoms with Crippen LogP contribution in [0.4, 0.5) is 10.1 Å². The van der Waals surface area contributed by atoms with Crippen LogP contribution in [0.3, 0.4) is 0 Å². The lowest BCUT2D eigenvalue weighted by Gasteiger charge is -2.11. The van der Waals surface area contributed by atoms with Gasteiger partial charge in [-0.3, -0.25) is 0 Å². The molecule has 6 heteroatoms. The summed E-state index contributed by atoms with van der Waals surface area (Å²) in [6.45, 7) is 0.433. The summed E-state index contributed by atoms with van der Waals surface area (Å²) in [5.41, 5.74) is 2.45. The number of anilines is 1. The summed E-state index contributed by atoms with van der Waals surface area (Å²) in [6.07, 6.45) is 3.35. The molecule has 0 amide bonds. The van der Waals surface area contributed by atoms with Gasteiger partial charge in [0.1, 0.15) is 0 Å². The predicted molar refractivity (Wildman–Crippen MR) is 76.8 cm³/mol. The molecule has 1 heterocycles. The maximum Gasteiger partial charge on any atom is 0.165 e. The zero-order chi connectivity index (χ0) is 14.7. The number of hydrogen-bond donors (Lipinski definition) is 2. The van der Waals surface area contributed by atoms with Gasteiger partial charge >= 0.3 is 0 Å². The molecule has 21 heavy (non-hydrogen) atoms. The fourth-order valence-corrected chi connectivity index (χ4v) is 2.02. The van der Waals surface area contributed by atoms with Gasteiger partial charge in [-0.05, 0) is 29.8 Å². The molecule has 3 aromatic rings. The molecule has 1 aromatic heterocycles. The number of rotatable bonds is 4. The highest BCUT2D eigenvalue weighted by molar-refractivity contribution is 5.60. The molecule has 0 bridgehead atoms. The lowest BCUT2D eigenvalue weighted by molar-refractivity contribution is 0.432. The molecule has 0 radical (unpaired) electrons. The monoisotopic (exact) mass is 284 g/mol. The van der Waals surface area contributed by atoms with Gasteiger partial charge in [-0.15, -0.1) is 5.10 Å². The van der Waals surface area contributed by atoms with Crippen molar-refractivity contribution in [3.05, 3.63) is 66.2 Å². The molecule has 0 saturated carbocycles. The number of halogens is 1. The molecule has 5 nitrogen and oxygen atoms in total. The summed E-state index contributed by atoms with van der Waals surface area (Å²) < 4.78 is 15.0. The Morgan fingerprint density at radius 3 is 2.81 bits per heavy atom. The Morgan fingerprint density at radius 1 is 1.19 bits per heavy atom. The number of hydrogen-bond acceptors (Lipinski definition) is 4. The third-order valence-electron chi connectivity index (χ3n) is 3.07. The summed E-state index contributed by atoms with van der Waals surface area (Å²) >= 11 is 0. The van der Waals surface area contributed by atoms with Gasteiger partial charge in [-0.25, -0.2) is 9.07 Å². The average molecular weight is 284 g/mol. The Balaban J connectivity index is 1.81. The van der Waals surface area contributed by atoms with E-state index in [2.05, 4.69) is 15.6 Å². The van der Waals surface area contributed by atoms with E-state index in [4.69, 9.17) is 0 Å². The summed E-state index contributed by atoms with van der Waals surface area (Å²) in [4.78, 5) is 0. The quantitative estimate of drug-likeness (QED) is 0.773. The van der Waals surface area contributed by atoms with Gasteiger partial charge in [-0.1, -0.05) is 23.4 Å². The molecule has 0 saturated heterocycles. The minimum atomic E-state index is -0.626. The van der Waals surface area contributed by atoms with Crippen LogP contribution in [0.2, 0.25) is 0 Å². The molecule has 0 aliphatic rings. The zero-order valence-electron chi connectivity index (χ0n) is 11.1. The van der Waals surface area contributed by atoms with Crippen LogP contribution in [-0.4, -0.2) is 20.1 Å². The minimum Gasteiger partial charge on any atom is -0.505 e. The number of aromatic nitrogens is 3. The number of phenols is 1. The maximum absolute atomic E-state index is 13.3. The third-order valence-corrected chi connectivity index (χ3v) is 3.07. The third kappa shape index (κ3) is 2.84. The molecule has 0 atom stereocenters. The smallest absolute Gasteiger partial charge is 0.165 e. The van der Waals surface area contributed by atoms with Gasteiger partial charge in [-0.2, -0.15) is 0 Å². The lowest BCUT2D eigenvalue weighted by atomic mass is 10.2. The van der Waals surface area contributed by atoms with E-state index in [1.807, 2.05) is 24.3 Å². The normalized spacial score (nSPS) is 10.5. The molecule has 3 rings (SSSR count). The van der Waals surface area contributed by atoms with Crippen LogP contribution in [0.5, 0.6) is 5.75 Å². The highest BCUT2D eigenvalue weighted by Crippen LogP contribution is 2.21. The Labute approximate surface area is 120 Å². The van der Waals surface area contributed by atoms with Crippen LogP contribution in [0, 0.1) is 5.82 Å². The summed E-state index contributed by atoms with van der Waals surface area (Å²) in [6, 6.07) is 11.9. The molecule has 2 N–H and O–H groups in total. The summed E-state index contributed by atoms with van der Waals surface area (Å²) in [5, 5.41) is 20.2. The second-order valence-electron chi connectivity index (χ2n) is 4.50. The Hall–Kier alpha value is -2.89. The molecule has 106 valence electrons. The minimum absolute atomic E-state index is 0.346. The molecular weight excluding hydrogens is 271 g/mol. The van der Waals surface area contributed by atoms with Crippen molar-refractivity contribution >= 4 is 5.69 Å². The van der Waals surface area contributed by atoms with Gasteiger partial charge in [0.15, 0.2) is 11.6 Å². The van der Waals surface area contributed by atoms with Crippen LogP contribution in [0.25, 0.3) is 5.69 Å². The Kier molecular flexibility index (Phi) is 3.51. The lowest BCUT2D eigenvalue weighted by Crippen LogP contribution is -2.05. The van der Waals surface area contributed by atoms with Crippen molar-refractivity contribution in [2.45, 2.75) is 6.54 Å². The summed E-state index contributed by atoms with van der Waals surface area (Å²) in [5.74, 6) is -0.972. The first kappa shape index (κ1) is 13.1. The van der Waals surface area contributed by atoms with Crippen LogP contribution in [0.15, 0.2) is 54.9 Å². The number of benzene rings is 2. The highest BCUT2D eigenvalue weighted by atomic mass is 19.1. The number of para-hydroxylation sites is 2. The van der Waals surface area contributed by atoms with E-state index in [0.29, 0.717) is 6.54 Å². The van der Waals surface area contributed by atoms with Crippen molar-refractivity contribution in [3.63, 3.8) is 0 Å². The van der Waals surface area contributed by atoms with Crippen molar-refractivity contribution in [1.82, 2.24) is 15.0 Å². The molecule has 0 aliphatic heterocycles. The summed E-state index contributed by atoms with van der Waals surface area (Å²) in [7, 11) is 0. The van der Waals surface area contributed by atoms with Crippen LogP contribution < -0.4 is 5.32 Å². The molecular formula is C15H13FN4O. The van der Waals surface area contributed by atoms with Crippen LogP contribution in [0.1, 0.15) is 5.56 Å². The first-order valence-electron chi connectivity index (χ1n) is 6.41. The molecule has 0 fully saturated rings. The van der Waals surface area contributed by atoms with Gasteiger partial charge in [0.25, 0.3) is 0 Å².